The van der Waals surface area contributed by atoms with E-state index in [1.807, 2.05) is 65.0 Å². The van der Waals surface area contributed by atoms with Crippen LogP contribution in [0.15, 0.2) is 30.3 Å². The predicted molar refractivity (Wildman–Crippen MR) is 131 cm³/mol. The number of fused-ring (bicyclic) bond motifs is 1. The lowest BCUT2D eigenvalue weighted by atomic mass is 9.66. The number of hydrogen-bond acceptors (Lipinski definition) is 5. The van der Waals surface area contributed by atoms with Gasteiger partial charge in [0.15, 0.2) is 0 Å². The molecule has 3 aliphatic heterocycles. The molecule has 7 atom stereocenters. The maximum atomic E-state index is 14.1. The van der Waals surface area contributed by atoms with Gasteiger partial charge in [0.2, 0.25) is 17.7 Å². The quantitative estimate of drug-likeness (QED) is 0.496. The van der Waals surface area contributed by atoms with Crippen molar-refractivity contribution in [3.8, 4) is 0 Å². The van der Waals surface area contributed by atoms with E-state index in [1.54, 1.807) is 4.90 Å². The Morgan fingerprint density at radius 3 is 2.46 bits per heavy atom. The van der Waals surface area contributed by atoms with Crippen molar-refractivity contribution in [2.45, 2.75) is 89.8 Å². The Hall–Kier alpha value is -2.45. The van der Waals surface area contributed by atoms with E-state index in [4.69, 9.17) is 4.74 Å². The van der Waals surface area contributed by atoms with Gasteiger partial charge in [0.25, 0.3) is 0 Å². The molecule has 3 N–H and O–H groups in total. The van der Waals surface area contributed by atoms with Crippen LogP contribution in [0.4, 0.5) is 0 Å². The SMILES string of the molecule is CC[C@H](C)[C@H](CO)N1C(=O)[C@@H]2[C@H](C(=O)NCc3ccccc3)[C@]3(C)CCC2(O3)C1C(=O)NC(C)C. The second-order valence-electron chi connectivity index (χ2n) is 11.0. The summed E-state index contributed by atoms with van der Waals surface area (Å²) in [6.45, 7) is 9.71. The first-order chi connectivity index (χ1) is 16.6. The smallest absolute Gasteiger partial charge is 0.246 e. The van der Waals surface area contributed by atoms with Gasteiger partial charge in [0, 0.05) is 12.6 Å². The Morgan fingerprint density at radius 1 is 1.17 bits per heavy atom. The average molecular weight is 486 g/mol. The number of aliphatic hydroxyl groups is 1. The Labute approximate surface area is 207 Å². The van der Waals surface area contributed by atoms with Crippen molar-refractivity contribution in [2.24, 2.45) is 17.8 Å². The van der Waals surface area contributed by atoms with Crippen molar-refractivity contribution < 1.29 is 24.2 Å². The normalized spacial score (nSPS) is 33.1. The van der Waals surface area contributed by atoms with Gasteiger partial charge in [-0.3, -0.25) is 14.4 Å². The first-order valence-electron chi connectivity index (χ1n) is 12.8. The van der Waals surface area contributed by atoms with Gasteiger partial charge in [0.05, 0.1) is 30.1 Å². The molecule has 1 aromatic rings. The van der Waals surface area contributed by atoms with Gasteiger partial charge in [-0.25, -0.2) is 0 Å². The van der Waals surface area contributed by atoms with Crippen LogP contribution in [0.2, 0.25) is 0 Å². The number of carbonyl (C=O) groups excluding carboxylic acids is 3. The molecule has 1 aromatic carbocycles. The van der Waals surface area contributed by atoms with Crippen LogP contribution in [0, 0.1) is 17.8 Å². The van der Waals surface area contributed by atoms with Crippen LogP contribution in [0.5, 0.6) is 0 Å². The second-order valence-corrected chi connectivity index (χ2v) is 11.0. The van der Waals surface area contributed by atoms with Crippen molar-refractivity contribution in [3.05, 3.63) is 35.9 Å². The van der Waals surface area contributed by atoms with E-state index >= 15 is 0 Å². The van der Waals surface area contributed by atoms with E-state index in [0.29, 0.717) is 19.4 Å². The number of carbonyl (C=O) groups is 3. The molecule has 3 saturated heterocycles. The number of rotatable bonds is 9. The van der Waals surface area contributed by atoms with Gasteiger partial charge in [-0.05, 0) is 45.1 Å². The fourth-order valence-corrected chi connectivity index (χ4v) is 6.49. The molecule has 2 bridgehead atoms. The molecule has 8 nitrogen and oxygen atoms in total. The first kappa shape index (κ1) is 25.6. The summed E-state index contributed by atoms with van der Waals surface area (Å²) in [6, 6.07) is 8.09. The maximum absolute atomic E-state index is 14.1. The van der Waals surface area contributed by atoms with E-state index in [2.05, 4.69) is 10.6 Å². The molecule has 3 amide bonds. The molecule has 0 saturated carbocycles. The number of nitrogens with one attached hydrogen (secondary N) is 2. The molecule has 192 valence electrons. The summed E-state index contributed by atoms with van der Waals surface area (Å²) in [6.07, 6.45) is 1.85. The summed E-state index contributed by atoms with van der Waals surface area (Å²) >= 11 is 0. The van der Waals surface area contributed by atoms with E-state index in [1.165, 1.54) is 0 Å². The molecule has 4 rings (SSSR count). The van der Waals surface area contributed by atoms with Gasteiger partial charge in [-0.15, -0.1) is 0 Å². The highest BCUT2D eigenvalue weighted by molar-refractivity contribution is 5.99. The van der Waals surface area contributed by atoms with Crippen molar-refractivity contribution in [3.63, 3.8) is 0 Å². The topological polar surface area (TPSA) is 108 Å². The fourth-order valence-electron chi connectivity index (χ4n) is 6.49. The van der Waals surface area contributed by atoms with Gasteiger partial charge in [0.1, 0.15) is 11.6 Å². The summed E-state index contributed by atoms with van der Waals surface area (Å²) in [5.74, 6) is -2.28. The number of aliphatic hydroxyl groups excluding tert-OH is 1. The number of benzene rings is 1. The Morgan fingerprint density at radius 2 is 1.86 bits per heavy atom. The lowest BCUT2D eigenvalue weighted by molar-refractivity contribution is -0.151. The lowest BCUT2D eigenvalue weighted by Gasteiger charge is -2.39. The molecule has 0 aromatic heterocycles. The van der Waals surface area contributed by atoms with Gasteiger partial charge in [-0.2, -0.15) is 0 Å². The maximum Gasteiger partial charge on any atom is 0.246 e. The third-order valence-corrected chi connectivity index (χ3v) is 8.33. The summed E-state index contributed by atoms with van der Waals surface area (Å²) in [4.78, 5) is 42.8. The minimum Gasteiger partial charge on any atom is -0.394 e. The van der Waals surface area contributed by atoms with Crippen LogP contribution in [-0.4, -0.2) is 63.7 Å². The third kappa shape index (κ3) is 4.14. The van der Waals surface area contributed by atoms with Crippen LogP contribution in [0.25, 0.3) is 0 Å². The minimum absolute atomic E-state index is 0.0216. The molecule has 2 unspecified atom stereocenters. The number of nitrogens with zero attached hydrogens (tertiary/aromatic N) is 1. The molecule has 3 aliphatic rings. The van der Waals surface area contributed by atoms with E-state index in [-0.39, 0.29) is 36.3 Å². The Balaban J connectivity index is 1.71. The Bertz CT molecular complexity index is 969. The zero-order valence-corrected chi connectivity index (χ0v) is 21.4. The van der Waals surface area contributed by atoms with E-state index in [0.717, 1.165) is 12.0 Å². The number of likely N-dealkylation sites (tertiary alicyclic amines) is 1. The summed E-state index contributed by atoms with van der Waals surface area (Å²) in [5.41, 5.74) is -0.940. The highest BCUT2D eigenvalue weighted by atomic mass is 16.5. The van der Waals surface area contributed by atoms with Crippen molar-refractivity contribution >= 4 is 17.7 Å². The van der Waals surface area contributed by atoms with Gasteiger partial charge < -0.3 is 25.4 Å². The van der Waals surface area contributed by atoms with Crippen LogP contribution in [0.1, 0.15) is 59.4 Å². The number of ether oxygens (including phenoxy) is 1. The first-order valence-corrected chi connectivity index (χ1v) is 12.8. The van der Waals surface area contributed by atoms with Gasteiger partial charge >= 0.3 is 0 Å². The van der Waals surface area contributed by atoms with E-state index in [9.17, 15) is 19.5 Å². The third-order valence-electron chi connectivity index (χ3n) is 8.33. The summed E-state index contributed by atoms with van der Waals surface area (Å²) < 4.78 is 6.62. The zero-order valence-electron chi connectivity index (χ0n) is 21.4. The molecule has 8 heteroatoms. The summed E-state index contributed by atoms with van der Waals surface area (Å²) in [7, 11) is 0. The highest BCUT2D eigenvalue weighted by Gasteiger charge is 2.78. The molecule has 0 radical (unpaired) electrons. The van der Waals surface area contributed by atoms with Crippen molar-refractivity contribution in [2.75, 3.05) is 6.61 Å². The van der Waals surface area contributed by atoms with Crippen LogP contribution < -0.4 is 10.6 Å². The van der Waals surface area contributed by atoms with Crippen LogP contribution in [0.3, 0.4) is 0 Å². The fraction of sp³-hybridized carbons (Fsp3) is 0.667. The minimum atomic E-state index is -1.08. The largest absolute Gasteiger partial charge is 0.394 e. The van der Waals surface area contributed by atoms with Crippen molar-refractivity contribution in [1.82, 2.24) is 15.5 Å². The molecule has 35 heavy (non-hydrogen) atoms. The molecule has 3 fully saturated rings. The van der Waals surface area contributed by atoms with Gasteiger partial charge in [-0.1, -0.05) is 50.6 Å². The lowest BCUT2D eigenvalue weighted by Crippen LogP contribution is -2.59. The van der Waals surface area contributed by atoms with Crippen LogP contribution >= 0.6 is 0 Å². The molecule has 0 aliphatic carbocycles. The number of amides is 3. The van der Waals surface area contributed by atoms with Crippen LogP contribution in [-0.2, 0) is 25.7 Å². The standard InChI is InChI=1S/C27H39N3O5/c1-6-17(4)19(15-31)30-22(24(33)29-16(2)3)27-13-12-26(5,35-27)20(21(27)25(30)34)23(32)28-14-18-10-8-7-9-11-18/h7-11,16-17,19-22,31H,6,12-15H2,1-5H3,(H,28,32)(H,29,33)/t17-,19-,20+,21-,22?,26-,27?/m0/s1. The number of hydrogen-bond donors (Lipinski definition) is 3. The summed E-state index contributed by atoms with van der Waals surface area (Å²) in [5, 5.41) is 16.3. The monoisotopic (exact) mass is 485 g/mol. The molecule has 1 spiro atoms. The second kappa shape index (κ2) is 9.54. The molecular formula is C27H39N3O5. The molecule has 3 heterocycles. The average Bonchev–Trinajstić information content (AvgIpc) is 3.39. The Kier molecular flexibility index (Phi) is 6.99. The predicted octanol–water partition coefficient (Wildman–Crippen LogP) is 2.00. The van der Waals surface area contributed by atoms with Crippen molar-refractivity contribution in [1.29, 1.82) is 0 Å². The highest BCUT2D eigenvalue weighted by Crippen LogP contribution is 2.63. The zero-order chi connectivity index (χ0) is 25.5. The van der Waals surface area contributed by atoms with E-state index < -0.39 is 35.1 Å². The molecular weight excluding hydrogens is 446 g/mol.